The Morgan fingerprint density at radius 2 is 1.56 bits per heavy atom. The van der Waals surface area contributed by atoms with Gasteiger partial charge >= 0.3 is 122 Å². The Bertz CT molecular complexity index is 1510. The van der Waals surface area contributed by atoms with E-state index in [2.05, 4.69) is 139 Å². The minimum Gasteiger partial charge on any atom is -0.273 e. The smallest absolute Gasteiger partial charge is 0.109 e. The van der Waals surface area contributed by atoms with Gasteiger partial charge in [0, 0.05) is 0 Å². The van der Waals surface area contributed by atoms with E-state index in [4.69, 9.17) is 0 Å². The number of unbranched alkanes of at least 4 members (excludes halogenated alkanes) is 1. The van der Waals surface area contributed by atoms with Crippen molar-refractivity contribution in [2.75, 3.05) is 0 Å². The van der Waals surface area contributed by atoms with Gasteiger partial charge in [-0.3, -0.25) is 6.08 Å². The number of halogens is 2. The zero-order valence-electron chi connectivity index (χ0n) is 27.9. The molecular formula is C41H48Cl2HfS. The summed E-state index contributed by atoms with van der Waals surface area (Å²) in [6.45, 7) is 15.9. The summed E-state index contributed by atoms with van der Waals surface area (Å²) in [7, 11) is 0. The van der Waals surface area contributed by atoms with Crippen molar-refractivity contribution in [1.82, 2.24) is 0 Å². The van der Waals surface area contributed by atoms with Gasteiger partial charge in [0.1, 0.15) is 0 Å². The van der Waals surface area contributed by atoms with Gasteiger partial charge in [0.25, 0.3) is 0 Å². The van der Waals surface area contributed by atoms with Crippen LogP contribution in [0.1, 0.15) is 105 Å². The van der Waals surface area contributed by atoms with Crippen LogP contribution in [0.3, 0.4) is 0 Å². The molecule has 2 aliphatic carbocycles. The second-order valence-corrected chi connectivity index (χ2v) is 16.4. The van der Waals surface area contributed by atoms with Crippen LogP contribution in [0, 0.1) is 12.1 Å². The van der Waals surface area contributed by atoms with Crippen molar-refractivity contribution in [3.63, 3.8) is 0 Å². The van der Waals surface area contributed by atoms with Crippen LogP contribution in [0.4, 0.5) is 0 Å². The number of thiophene rings is 1. The Labute approximate surface area is 304 Å². The Kier molecular flexibility index (Phi) is 15.7. The zero-order valence-corrected chi connectivity index (χ0v) is 34.0. The maximum atomic E-state index is 3.67. The average Bonchev–Trinajstić information content (AvgIpc) is 3.77. The molecule has 1 aromatic heterocycles. The van der Waals surface area contributed by atoms with Crippen molar-refractivity contribution in [2.24, 2.45) is 0 Å². The molecule has 2 aliphatic rings. The van der Waals surface area contributed by atoms with Crippen molar-refractivity contribution in [2.45, 2.75) is 91.4 Å². The van der Waals surface area contributed by atoms with Gasteiger partial charge in [-0.25, -0.2) is 12.2 Å². The summed E-state index contributed by atoms with van der Waals surface area (Å²) in [6.07, 6.45) is 14.9. The summed E-state index contributed by atoms with van der Waals surface area (Å²) in [4.78, 5) is 3.00. The van der Waals surface area contributed by atoms with Crippen LogP contribution in [-0.2, 0) is 47.6 Å². The van der Waals surface area contributed by atoms with Gasteiger partial charge in [0.2, 0.25) is 0 Å². The number of aryl methyl sites for hydroxylation is 1. The maximum Gasteiger partial charge on any atom is -0.109 e. The molecule has 0 unspecified atom stereocenters. The zero-order chi connectivity index (χ0) is 31.0. The van der Waals surface area contributed by atoms with Gasteiger partial charge in [-0.15, -0.1) is 42.4 Å². The van der Waals surface area contributed by atoms with Crippen LogP contribution in [0.25, 0.3) is 11.1 Å². The number of allylic oxidation sites excluding steroid dienone is 4. The third kappa shape index (κ3) is 11.1. The van der Waals surface area contributed by atoms with Crippen molar-refractivity contribution in [1.29, 1.82) is 0 Å². The van der Waals surface area contributed by atoms with Gasteiger partial charge in [-0.2, -0.15) is 29.8 Å². The largest absolute Gasteiger partial charge is 0.273 e. The first-order valence-electron chi connectivity index (χ1n) is 15.6. The quantitative estimate of drug-likeness (QED) is 0.122. The van der Waals surface area contributed by atoms with Crippen molar-refractivity contribution in [3.8, 4) is 11.1 Å². The van der Waals surface area contributed by atoms with E-state index in [1.807, 2.05) is 23.5 Å². The van der Waals surface area contributed by atoms with Gasteiger partial charge in [-0.1, -0.05) is 65.3 Å². The normalized spacial score (nSPS) is 12.5. The third-order valence-electron chi connectivity index (χ3n) is 7.80. The predicted octanol–water partition coefficient (Wildman–Crippen LogP) is 12.0. The molecule has 0 radical (unpaired) electrons. The summed E-state index contributed by atoms with van der Waals surface area (Å²) < 4.78 is 1.53. The van der Waals surface area contributed by atoms with Gasteiger partial charge < -0.3 is 0 Å². The Balaban J connectivity index is 0.000000265. The Morgan fingerprint density at radius 1 is 0.844 bits per heavy atom. The summed E-state index contributed by atoms with van der Waals surface area (Å²) in [5.41, 5.74) is 10.1. The topological polar surface area (TPSA) is 0 Å². The van der Waals surface area contributed by atoms with Crippen molar-refractivity contribution < 1.29 is 23.9 Å². The van der Waals surface area contributed by atoms with E-state index in [0.29, 0.717) is 0 Å². The molecule has 4 aromatic rings. The first-order chi connectivity index (χ1) is 20.5. The van der Waals surface area contributed by atoms with Crippen LogP contribution < -0.4 is 0 Å². The monoisotopic (exact) mass is 822 g/mol. The molecule has 0 bridgehead atoms. The molecule has 45 heavy (non-hydrogen) atoms. The summed E-state index contributed by atoms with van der Waals surface area (Å²) in [6, 6.07) is 30.5. The van der Waals surface area contributed by atoms with Crippen LogP contribution in [0.2, 0.25) is 0 Å². The van der Waals surface area contributed by atoms with Crippen LogP contribution in [0.15, 0.2) is 91.0 Å². The number of fused-ring (bicyclic) bond motifs is 3. The van der Waals surface area contributed by atoms with E-state index in [1.165, 1.54) is 71.2 Å². The molecule has 0 spiro atoms. The molecule has 0 amide bonds. The van der Waals surface area contributed by atoms with Crippen molar-refractivity contribution >= 4 is 39.4 Å². The fourth-order valence-corrected chi connectivity index (χ4v) is 7.58. The fourth-order valence-electron chi connectivity index (χ4n) is 5.11. The molecule has 0 saturated heterocycles. The Hall–Kier alpha value is -1.84. The molecule has 4 heteroatoms. The number of hydrogen-bond donors (Lipinski definition) is 0. The molecule has 0 saturated carbocycles. The van der Waals surface area contributed by atoms with Gasteiger partial charge in [-0.05, 0) is 28.4 Å². The first-order valence-corrected chi connectivity index (χ1v) is 18.2. The van der Waals surface area contributed by atoms with Crippen LogP contribution in [0.5, 0.6) is 0 Å². The third-order valence-corrected chi connectivity index (χ3v) is 11.6. The minimum atomic E-state index is 0. The maximum absolute atomic E-state index is 3.67. The molecule has 0 nitrogen and oxygen atoms in total. The molecule has 0 fully saturated rings. The standard InChI is InChI=1S/C21H25.C15H16S.C5H5.2ClH.Hf/c1-20(2,3)16-7-9-18-14(12-16)11-15-13-17(21(4,5)6)8-10-19(15)18;1-2-3-9-14-10-11-15(16-14)12-13-7-5-4-6-8-13;1-2-4-5-3-1;;;/h7-10,12H,11H2,1-6H3;4-8,10-11H,2-3,9H2,1H3;1-3H,4H2;2*1H;/q-1;;-1;;;+2. The molecule has 6 rings (SSSR count). The van der Waals surface area contributed by atoms with E-state index in [9.17, 15) is 0 Å². The molecule has 0 N–H and O–H groups in total. The molecule has 236 valence electrons. The predicted molar refractivity (Wildman–Crippen MR) is 200 cm³/mol. The van der Waals surface area contributed by atoms with E-state index in [1.54, 1.807) is 0 Å². The number of benzene rings is 3. The van der Waals surface area contributed by atoms with Crippen LogP contribution in [-0.4, -0.2) is 3.26 Å². The summed E-state index contributed by atoms with van der Waals surface area (Å²) >= 11 is 3.08. The minimum absolute atomic E-state index is 0. The molecule has 1 heterocycles. The second-order valence-electron chi connectivity index (χ2n) is 13.4. The number of rotatable bonds is 5. The summed E-state index contributed by atoms with van der Waals surface area (Å²) in [5.74, 6) is 0. The van der Waals surface area contributed by atoms with E-state index >= 15 is 0 Å². The van der Waals surface area contributed by atoms with E-state index in [-0.39, 0.29) is 35.6 Å². The summed E-state index contributed by atoms with van der Waals surface area (Å²) in [5, 5.41) is 0. The molecule has 0 atom stereocenters. The van der Waals surface area contributed by atoms with Gasteiger partial charge in [0.05, 0.1) is 0 Å². The van der Waals surface area contributed by atoms with Crippen LogP contribution >= 0.6 is 36.2 Å². The first kappa shape index (κ1) is 39.3. The van der Waals surface area contributed by atoms with Crippen molar-refractivity contribution in [3.05, 3.63) is 141 Å². The Morgan fingerprint density at radius 3 is 2.13 bits per heavy atom. The number of hydrogen-bond acceptors (Lipinski definition) is 1. The SMILES string of the molecule is CC(C)(C)c1[c-]c2c(cc1)-c1ccc(C(C)(C)C)cc1C2.CCCCc1ccc([C](=[Hf+2])c2ccccc2)s1.Cl.Cl.[C-]1=CC=CC1. The molecule has 3 aromatic carbocycles. The molecular weight excluding hydrogens is 774 g/mol. The fraction of sp³-hybridized carbons (Fsp3) is 0.341. The average molecular weight is 822 g/mol. The second kappa shape index (κ2) is 17.9. The van der Waals surface area contributed by atoms with E-state index in [0.717, 1.165) is 36.7 Å². The van der Waals surface area contributed by atoms with Gasteiger partial charge in [0.15, 0.2) is 0 Å². The van der Waals surface area contributed by atoms with E-state index < -0.39 is 0 Å². The molecule has 0 aliphatic heterocycles.